The molecule has 1 unspecified atom stereocenters. The van der Waals surface area contributed by atoms with Gasteiger partial charge in [-0.3, -0.25) is 4.79 Å². The smallest absolute Gasteiger partial charge is 0.326 e. The number of benzene rings is 1. The molecule has 0 aromatic heterocycles. The first-order valence-corrected chi connectivity index (χ1v) is 8.69. The van der Waals surface area contributed by atoms with Crippen LogP contribution in [0.15, 0.2) is 30.3 Å². The molecule has 128 valence electrons. The molecule has 0 aliphatic rings. The predicted octanol–water partition coefficient (Wildman–Crippen LogP) is 3.94. The Labute approximate surface area is 139 Å². The zero-order valence-electron chi connectivity index (χ0n) is 14.1. The number of hydrogen-bond acceptors (Lipinski definition) is 2. The van der Waals surface area contributed by atoms with Crippen LogP contribution in [0.4, 0.5) is 0 Å². The topological polar surface area (TPSA) is 66.4 Å². The van der Waals surface area contributed by atoms with Crippen LogP contribution >= 0.6 is 0 Å². The standard InChI is InChI=1S/C19H29NO3/c1-2-3-4-5-6-7-11-14-18(21)20-17(19(22)23)15-16-12-9-8-10-13-16/h8-10,12-13,17H,2-7,11,14-15H2,1H3,(H,20,21)(H,22,23). The van der Waals surface area contributed by atoms with Crippen LogP contribution in [-0.4, -0.2) is 23.0 Å². The Hall–Kier alpha value is -1.84. The van der Waals surface area contributed by atoms with Gasteiger partial charge in [-0.05, 0) is 12.0 Å². The number of carbonyl (C=O) groups is 2. The largest absolute Gasteiger partial charge is 0.480 e. The molecule has 0 saturated carbocycles. The third kappa shape index (κ3) is 9.01. The van der Waals surface area contributed by atoms with Crippen molar-refractivity contribution < 1.29 is 14.7 Å². The number of rotatable bonds is 12. The molecular weight excluding hydrogens is 290 g/mol. The third-order valence-corrected chi connectivity index (χ3v) is 3.92. The molecule has 0 aliphatic heterocycles. The highest BCUT2D eigenvalue weighted by Gasteiger charge is 2.19. The van der Waals surface area contributed by atoms with Crippen LogP contribution < -0.4 is 5.32 Å². The molecule has 0 fully saturated rings. The van der Waals surface area contributed by atoms with E-state index in [2.05, 4.69) is 12.2 Å². The molecule has 1 aromatic carbocycles. The van der Waals surface area contributed by atoms with E-state index in [0.29, 0.717) is 12.8 Å². The number of unbranched alkanes of at least 4 members (excludes halogenated alkanes) is 6. The number of carboxylic acids is 1. The summed E-state index contributed by atoms with van der Waals surface area (Å²) in [7, 11) is 0. The zero-order valence-corrected chi connectivity index (χ0v) is 14.1. The molecule has 1 atom stereocenters. The van der Waals surface area contributed by atoms with Gasteiger partial charge in [0.1, 0.15) is 6.04 Å². The van der Waals surface area contributed by atoms with Crippen LogP contribution in [0.2, 0.25) is 0 Å². The van der Waals surface area contributed by atoms with Gasteiger partial charge >= 0.3 is 5.97 Å². The van der Waals surface area contributed by atoms with E-state index in [0.717, 1.165) is 24.8 Å². The molecule has 0 aliphatic carbocycles. The fraction of sp³-hybridized carbons (Fsp3) is 0.579. The molecule has 1 amide bonds. The molecule has 2 N–H and O–H groups in total. The highest BCUT2D eigenvalue weighted by Crippen LogP contribution is 2.09. The van der Waals surface area contributed by atoms with Crippen molar-refractivity contribution in [1.29, 1.82) is 0 Å². The molecule has 23 heavy (non-hydrogen) atoms. The molecule has 4 heteroatoms. The Bertz CT molecular complexity index is 459. The van der Waals surface area contributed by atoms with E-state index in [4.69, 9.17) is 0 Å². The van der Waals surface area contributed by atoms with E-state index < -0.39 is 12.0 Å². The molecule has 0 saturated heterocycles. The van der Waals surface area contributed by atoms with Gasteiger partial charge in [0.2, 0.25) is 5.91 Å². The Kier molecular flexibility index (Phi) is 9.76. The first kappa shape index (κ1) is 19.2. The lowest BCUT2D eigenvalue weighted by Gasteiger charge is -2.14. The van der Waals surface area contributed by atoms with Gasteiger partial charge < -0.3 is 10.4 Å². The van der Waals surface area contributed by atoms with Crippen LogP contribution in [0.3, 0.4) is 0 Å². The predicted molar refractivity (Wildman–Crippen MR) is 92.3 cm³/mol. The van der Waals surface area contributed by atoms with Crippen LogP contribution in [0.5, 0.6) is 0 Å². The number of carboxylic acid groups (broad SMARTS) is 1. The van der Waals surface area contributed by atoms with Crippen molar-refractivity contribution in [1.82, 2.24) is 5.32 Å². The van der Waals surface area contributed by atoms with Crippen molar-refractivity contribution in [2.45, 2.75) is 70.8 Å². The average molecular weight is 319 g/mol. The normalized spacial score (nSPS) is 11.9. The van der Waals surface area contributed by atoms with Crippen LogP contribution in [-0.2, 0) is 16.0 Å². The minimum atomic E-state index is -0.984. The van der Waals surface area contributed by atoms with Crippen molar-refractivity contribution in [3.8, 4) is 0 Å². The monoisotopic (exact) mass is 319 g/mol. The van der Waals surface area contributed by atoms with Crippen molar-refractivity contribution in [2.24, 2.45) is 0 Å². The summed E-state index contributed by atoms with van der Waals surface area (Å²) in [5.41, 5.74) is 0.913. The Morgan fingerprint density at radius 2 is 1.61 bits per heavy atom. The summed E-state index contributed by atoms with van der Waals surface area (Å²) in [5.74, 6) is -1.15. The lowest BCUT2D eigenvalue weighted by molar-refractivity contribution is -0.141. The number of nitrogens with one attached hydrogen (secondary N) is 1. The maximum absolute atomic E-state index is 11.9. The highest BCUT2D eigenvalue weighted by atomic mass is 16.4. The van der Waals surface area contributed by atoms with E-state index in [9.17, 15) is 14.7 Å². The van der Waals surface area contributed by atoms with Gasteiger partial charge in [-0.2, -0.15) is 0 Å². The van der Waals surface area contributed by atoms with Crippen LogP contribution in [0.1, 0.15) is 63.9 Å². The summed E-state index contributed by atoms with van der Waals surface area (Å²) in [6.07, 6.45) is 8.75. The second-order valence-corrected chi connectivity index (χ2v) is 6.02. The molecule has 4 nitrogen and oxygen atoms in total. The Morgan fingerprint density at radius 3 is 2.22 bits per heavy atom. The van der Waals surface area contributed by atoms with Crippen molar-refractivity contribution in [3.63, 3.8) is 0 Å². The minimum absolute atomic E-state index is 0.165. The van der Waals surface area contributed by atoms with Gasteiger partial charge in [0.25, 0.3) is 0 Å². The van der Waals surface area contributed by atoms with Gasteiger partial charge in [-0.25, -0.2) is 4.79 Å². The second-order valence-electron chi connectivity index (χ2n) is 6.02. The van der Waals surface area contributed by atoms with E-state index in [1.54, 1.807) is 0 Å². The summed E-state index contributed by atoms with van der Waals surface area (Å²) >= 11 is 0. The Balaban J connectivity index is 2.25. The van der Waals surface area contributed by atoms with Crippen LogP contribution in [0.25, 0.3) is 0 Å². The second kappa shape index (κ2) is 11.7. The van der Waals surface area contributed by atoms with Crippen molar-refractivity contribution >= 4 is 11.9 Å². The zero-order chi connectivity index (χ0) is 16.9. The maximum Gasteiger partial charge on any atom is 0.326 e. The quantitative estimate of drug-likeness (QED) is 0.573. The molecule has 1 aromatic rings. The molecular formula is C19H29NO3. The third-order valence-electron chi connectivity index (χ3n) is 3.92. The molecule has 1 rings (SSSR count). The molecule has 0 bridgehead atoms. The summed E-state index contributed by atoms with van der Waals surface area (Å²) in [6, 6.07) is 8.52. The summed E-state index contributed by atoms with van der Waals surface area (Å²) in [5, 5.41) is 11.9. The van der Waals surface area contributed by atoms with Gasteiger partial charge in [0.15, 0.2) is 0 Å². The Morgan fingerprint density at radius 1 is 1.00 bits per heavy atom. The van der Waals surface area contributed by atoms with Crippen LogP contribution in [0, 0.1) is 0 Å². The first-order chi connectivity index (χ1) is 11.1. The fourth-order valence-electron chi connectivity index (χ4n) is 2.56. The highest BCUT2D eigenvalue weighted by molar-refractivity contribution is 5.83. The van der Waals surface area contributed by atoms with Crippen molar-refractivity contribution in [2.75, 3.05) is 0 Å². The van der Waals surface area contributed by atoms with Gasteiger partial charge in [-0.1, -0.05) is 75.8 Å². The summed E-state index contributed by atoms with van der Waals surface area (Å²) in [6.45, 7) is 2.19. The number of hydrogen-bond donors (Lipinski definition) is 2. The van der Waals surface area contributed by atoms with E-state index in [-0.39, 0.29) is 5.91 Å². The summed E-state index contributed by atoms with van der Waals surface area (Å²) < 4.78 is 0. The minimum Gasteiger partial charge on any atom is -0.480 e. The van der Waals surface area contributed by atoms with E-state index >= 15 is 0 Å². The van der Waals surface area contributed by atoms with Crippen molar-refractivity contribution in [3.05, 3.63) is 35.9 Å². The lowest BCUT2D eigenvalue weighted by Crippen LogP contribution is -2.42. The SMILES string of the molecule is CCCCCCCCCC(=O)NC(Cc1ccccc1)C(=O)O. The lowest BCUT2D eigenvalue weighted by atomic mass is 10.1. The maximum atomic E-state index is 11.9. The fourth-order valence-corrected chi connectivity index (χ4v) is 2.56. The number of carbonyl (C=O) groups excluding carboxylic acids is 1. The number of amides is 1. The first-order valence-electron chi connectivity index (χ1n) is 8.69. The molecule has 0 heterocycles. The molecule has 0 radical (unpaired) electrons. The average Bonchev–Trinajstić information content (AvgIpc) is 2.54. The summed E-state index contributed by atoms with van der Waals surface area (Å²) in [4.78, 5) is 23.2. The van der Waals surface area contributed by atoms with Gasteiger partial charge in [-0.15, -0.1) is 0 Å². The van der Waals surface area contributed by atoms with E-state index in [1.165, 1.54) is 25.7 Å². The molecule has 0 spiro atoms. The van der Waals surface area contributed by atoms with Gasteiger partial charge in [0, 0.05) is 12.8 Å². The van der Waals surface area contributed by atoms with E-state index in [1.807, 2.05) is 30.3 Å². The number of aliphatic carboxylic acids is 1. The van der Waals surface area contributed by atoms with Gasteiger partial charge in [0.05, 0.1) is 0 Å².